The van der Waals surface area contributed by atoms with Crippen LogP contribution in [-0.4, -0.2) is 68.1 Å². The highest BCUT2D eigenvalue weighted by atomic mass is 19.1. The van der Waals surface area contributed by atoms with Gasteiger partial charge in [-0.15, -0.1) is 0 Å². The highest BCUT2D eigenvalue weighted by Gasteiger charge is 2.45. The molecule has 37 heavy (non-hydrogen) atoms. The third kappa shape index (κ3) is 4.81. The van der Waals surface area contributed by atoms with Crippen molar-refractivity contribution in [3.8, 4) is 0 Å². The minimum Gasteiger partial charge on any atom is -0.383 e. The molecule has 2 heterocycles. The quantitative estimate of drug-likeness (QED) is 0.503. The lowest BCUT2D eigenvalue weighted by Gasteiger charge is -2.44. The fourth-order valence-corrected chi connectivity index (χ4v) is 5.40. The Morgan fingerprint density at radius 1 is 0.919 bits per heavy atom. The minimum absolute atomic E-state index is 0.107. The van der Waals surface area contributed by atoms with E-state index >= 15 is 0 Å². The molecule has 3 aromatic rings. The molecule has 2 amide bonds. The van der Waals surface area contributed by atoms with Crippen molar-refractivity contribution in [3.63, 3.8) is 0 Å². The van der Waals surface area contributed by atoms with Crippen LogP contribution in [0.4, 0.5) is 14.5 Å². The number of piperazine rings is 1. The predicted octanol–water partition coefficient (Wildman–Crippen LogP) is 4.24. The molecule has 0 radical (unpaired) electrons. The number of carbonyl (C=O) groups excluding carboxylic acids is 2. The third-order valence-electron chi connectivity index (χ3n) is 7.24. The molecule has 6 nitrogen and oxygen atoms in total. The summed E-state index contributed by atoms with van der Waals surface area (Å²) < 4.78 is 33.4. The van der Waals surface area contributed by atoms with Crippen molar-refractivity contribution in [1.82, 2.24) is 9.80 Å². The summed E-state index contributed by atoms with van der Waals surface area (Å²) in [5.74, 6) is -1.63. The predicted molar refractivity (Wildman–Crippen MR) is 136 cm³/mol. The number of nitrogens with zero attached hydrogens (tertiary/aromatic N) is 3. The van der Waals surface area contributed by atoms with Gasteiger partial charge in [0.25, 0.3) is 5.91 Å². The molecule has 3 aromatic carbocycles. The smallest absolute Gasteiger partial charge is 0.254 e. The summed E-state index contributed by atoms with van der Waals surface area (Å²) in [6, 6.07) is 19.2. The molecule has 8 heteroatoms. The molecular weight excluding hydrogens is 476 g/mol. The first kappa shape index (κ1) is 24.9. The zero-order valence-electron chi connectivity index (χ0n) is 20.6. The fraction of sp³-hybridized carbons (Fsp3) is 0.310. The molecule has 0 bridgehead atoms. The Hall–Kier alpha value is -3.78. The summed E-state index contributed by atoms with van der Waals surface area (Å²) in [4.78, 5) is 33.2. The topological polar surface area (TPSA) is 53.1 Å². The first-order chi connectivity index (χ1) is 18.0. The molecule has 0 unspecified atom stereocenters. The van der Waals surface area contributed by atoms with Crippen LogP contribution in [-0.2, 0) is 9.53 Å². The normalized spacial score (nSPS) is 19.6. The van der Waals surface area contributed by atoms with E-state index in [0.717, 1.165) is 0 Å². The molecule has 192 valence electrons. The van der Waals surface area contributed by atoms with Crippen molar-refractivity contribution in [3.05, 3.63) is 101 Å². The lowest BCUT2D eigenvalue weighted by Crippen LogP contribution is -2.54. The number of para-hydroxylation sites is 1. The maximum absolute atomic E-state index is 14.3. The van der Waals surface area contributed by atoms with Gasteiger partial charge in [0.15, 0.2) is 0 Å². The van der Waals surface area contributed by atoms with Crippen LogP contribution in [0.5, 0.6) is 0 Å². The zero-order chi connectivity index (χ0) is 25.9. The number of rotatable bonds is 6. The standard InChI is InChI=1S/C29H29F2N3O3/c1-37-19-18-34-27(20-10-12-21(30)13-11-20)26(22-6-2-3-7-23(22)28(34)35)29(36)33-16-14-32(15-17-33)25-9-5-4-8-24(25)31/h2-13,26-27H,14-19H2,1H3/t26-,27+/m1/s1. The van der Waals surface area contributed by atoms with Gasteiger partial charge in [-0.05, 0) is 41.5 Å². The number of amides is 2. The molecule has 1 fully saturated rings. The summed E-state index contributed by atoms with van der Waals surface area (Å²) in [5.41, 5.74) is 2.36. The number of hydrogen-bond acceptors (Lipinski definition) is 4. The van der Waals surface area contributed by atoms with Gasteiger partial charge in [-0.2, -0.15) is 0 Å². The fourth-order valence-electron chi connectivity index (χ4n) is 5.40. The van der Waals surface area contributed by atoms with Crippen LogP contribution >= 0.6 is 0 Å². The number of carbonyl (C=O) groups is 2. The molecule has 0 N–H and O–H groups in total. The van der Waals surface area contributed by atoms with E-state index in [1.54, 1.807) is 59.4 Å². The van der Waals surface area contributed by atoms with E-state index in [1.165, 1.54) is 18.2 Å². The van der Waals surface area contributed by atoms with Crippen LogP contribution < -0.4 is 4.90 Å². The monoisotopic (exact) mass is 505 g/mol. The SMILES string of the molecule is COCCN1C(=O)c2ccccc2[C@@H](C(=O)N2CCN(c3ccccc3F)CC2)[C@@H]1c1ccc(F)cc1. The van der Waals surface area contributed by atoms with Crippen molar-refractivity contribution in [2.24, 2.45) is 0 Å². The average Bonchev–Trinajstić information content (AvgIpc) is 2.93. The van der Waals surface area contributed by atoms with Gasteiger partial charge in [-0.1, -0.05) is 42.5 Å². The summed E-state index contributed by atoms with van der Waals surface area (Å²) in [6.07, 6.45) is 0. The van der Waals surface area contributed by atoms with Gasteiger partial charge in [-0.3, -0.25) is 9.59 Å². The molecule has 2 aliphatic heterocycles. The van der Waals surface area contributed by atoms with E-state index in [4.69, 9.17) is 4.74 Å². The zero-order valence-corrected chi connectivity index (χ0v) is 20.6. The van der Waals surface area contributed by atoms with Crippen LogP contribution in [0.1, 0.15) is 33.4 Å². The van der Waals surface area contributed by atoms with E-state index in [-0.39, 0.29) is 30.0 Å². The molecule has 0 aromatic heterocycles. The summed E-state index contributed by atoms with van der Waals surface area (Å²) >= 11 is 0. The molecule has 2 aliphatic rings. The second kappa shape index (κ2) is 10.7. The Bertz CT molecular complexity index is 1280. The van der Waals surface area contributed by atoms with Crippen molar-refractivity contribution in [1.29, 1.82) is 0 Å². The van der Waals surface area contributed by atoms with Gasteiger partial charge >= 0.3 is 0 Å². The Kier molecular flexibility index (Phi) is 7.19. The Labute approximate surface area is 215 Å². The molecule has 0 saturated carbocycles. The van der Waals surface area contributed by atoms with Gasteiger partial charge in [0.05, 0.1) is 24.3 Å². The van der Waals surface area contributed by atoms with Crippen LogP contribution in [0, 0.1) is 11.6 Å². The number of anilines is 1. The number of fused-ring (bicyclic) bond motifs is 1. The van der Waals surface area contributed by atoms with Crippen molar-refractivity contribution in [2.45, 2.75) is 12.0 Å². The maximum atomic E-state index is 14.3. The van der Waals surface area contributed by atoms with Crippen molar-refractivity contribution in [2.75, 3.05) is 51.3 Å². The molecule has 1 saturated heterocycles. The summed E-state index contributed by atoms with van der Waals surface area (Å²) in [6.45, 7) is 2.43. The Balaban J connectivity index is 1.49. The Morgan fingerprint density at radius 2 is 1.59 bits per heavy atom. The highest BCUT2D eigenvalue weighted by molar-refractivity contribution is 6.01. The van der Waals surface area contributed by atoms with E-state index in [2.05, 4.69) is 0 Å². The molecule has 0 aliphatic carbocycles. The molecule has 0 spiro atoms. The number of benzene rings is 3. The van der Waals surface area contributed by atoms with Crippen molar-refractivity contribution < 1.29 is 23.1 Å². The van der Waals surface area contributed by atoms with Gasteiger partial charge in [0.1, 0.15) is 11.6 Å². The highest BCUT2D eigenvalue weighted by Crippen LogP contribution is 2.43. The van der Waals surface area contributed by atoms with E-state index in [9.17, 15) is 18.4 Å². The lowest BCUT2D eigenvalue weighted by atomic mass is 9.78. The van der Waals surface area contributed by atoms with Gasteiger partial charge in [0.2, 0.25) is 5.91 Å². The van der Waals surface area contributed by atoms with E-state index in [0.29, 0.717) is 55.2 Å². The van der Waals surface area contributed by atoms with Crippen LogP contribution in [0.25, 0.3) is 0 Å². The molecule has 2 atom stereocenters. The van der Waals surface area contributed by atoms with Crippen LogP contribution in [0.2, 0.25) is 0 Å². The molecule has 5 rings (SSSR count). The lowest BCUT2D eigenvalue weighted by molar-refractivity contribution is -0.135. The third-order valence-corrected chi connectivity index (χ3v) is 7.24. The van der Waals surface area contributed by atoms with Gasteiger partial charge in [-0.25, -0.2) is 8.78 Å². The van der Waals surface area contributed by atoms with Crippen LogP contribution in [0.15, 0.2) is 72.8 Å². The Morgan fingerprint density at radius 3 is 2.30 bits per heavy atom. The second-order valence-electron chi connectivity index (χ2n) is 9.32. The number of halogens is 2. The first-order valence-electron chi connectivity index (χ1n) is 12.4. The van der Waals surface area contributed by atoms with Crippen molar-refractivity contribution >= 4 is 17.5 Å². The summed E-state index contributed by atoms with van der Waals surface area (Å²) in [7, 11) is 1.56. The minimum atomic E-state index is -0.670. The number of methoxy groups -OCH3 is 1. The van der Waals surface area contributed by atoms with E-state index < -0.39 is 12.0 Å². The second-order valence-corrected chi connectivity index (χ2v) is 9.32. The van der Waals surface area contributed by atoms with Gasteiger partial charge in [0, 0.05) is 45.4 Å². The van der Waals surface area contributed by atoms with Gasteiger partial charge < -0.3 is 19.4 Å². The van der Waals surface area contributed by atoms with E-state index in [1.807, 2.05) is 17.0 Å². The number of hydrogen-bond donors (Lipinski definition) is 0. The average molecular weight is 506 g/mol. The summed E-state index contributed by atoms with van der Waals surface area (Å²) in [5, 5.41) is 0. The van der Waals surface area contributed by atoms with Crippen LogP contribution in [0.3, 0.4) is 0 Å². The first-order valence-corrected chi connectivity index (χ1v) is 12.4. The maximum Gasteiger partial charge on any atom is 0.254 e. The largest absolute Gasteiger partial charge is 0.383 e. The molecular formula is C29H29F2N3O3. The number of ether oxygens (including phenoxy) is 1.